The van der Waals surface area contributed by atoms with Gasteiger partial charge in [0.1, 0.15) is 0 Å². The van der Waals surface area contributed by atoms with E-state index in [1.807, 2.05) is 24.3 Å². The van der Waals surface area contributed by atoms with Gasteiger partial charge in [0.2, 0.25) is 5.91 Å². The highest BCUT2D eigenvalue weighted by molar-refractivity contribution is 5.94. The highest BCUT2D eigenvalue weighted by Gasteiger charge is 2.22. The van der Waals surface area contributed by atoms with Crippen molar-refractivity contribution in [2.24, 2.45) is 11.7 Å². The average molecular weight is 287 g/mol. The summed E-state index contributed by atoms with van der Waals surface area (Å²) in [5.74, 6) is -0.0781. The first-order valence-electron chi connectivity index (χ1n) is 7.68. The predicted molar refractivity (Wildman–Crippen MR) is 86.9 cm³/mol. The molecule has 21 heavy (non-hydrogen) atoms. The van der Waals surface area contributed by atoms with Gasteiger partial charge in [-0.2, -0.15) is 0 Å². The van der Waals surface area contributed by atoms with E-state index in [9.17, 15) is 4.79 Å². The molecule has 1 aliphatic rings. The third-order valence-electron chi connectivity index (χ3n) is 3.95. The van der Waals surface area contributed by atoms with Crippen LogP contribution in [0.1, 0.15) is 25.8 Å². The van der Waals surface area contributed by atoms with Crippen LogP contribution >= 0.6 is 0 Å². The van der Waals surface area contributed by atoms with Gasteiger partial charge in [0.05, 0.1) is 5.92 Å². The van der Waals surface area contributed by atoms with Crippen LogP contribution in [0.3, 0.4) is 0 Å². The molecule has 1 aliphatic carbocycles. The minimum absolute atomic E-state index is 0.00903. The maximum atomic E-state index is 12.2. The average Bonchev–Trinajstić information content (AvgIpc) is 2.92. The number of nitrogens with one attached hydrogen (secondary N) is 1. The Morgan fingerprint density at radius 1 is 1.33 bits per heavy atom. The number of carbonyl (C=O) groups is 1. The van der Waals surface area contributed by atoms with Gasteiger partial charge in [0.15, 0.2) is 0 Å². The molecule has 0 fully saturated rings. The number of hydrogen-bond acceptors (Lipinski definition) is 3. The molecule has 4 nitrogen and oxygen atoms in total. The van der Waals surface area contributed by atoms with Crippen molar-refractivity contribution in [2.45, 2.75) is 32.9 Å². The normalized spacial score (nSPS) is 21.0. The van der Waals surface area contributed by atoms with Crippen LogP contribution in [0.25, 0.3) is 0 Å². The Hall–Kier alpha value is -1.65. The molecule has 0 radical (unpaired) electrons. The van der Waals surface area contributed by atoms with Crippen molar-refractivity contribution < 1.29 is 4.79 Å². The molecular weight excluding hydrogens is 262 g/mol. The van der Waals surface area contributed by atoms with Gasteiger partial charge in [-0.25, -0.2) is 0 Å². The van der Waals surface area contributed by atoms with Crippen molar-refractivity contribution in [2.75, 3.05) is 18.4 Å². The third kappa shape index (κ3) is 4.41. The van der Waals surface area contributed by atoms with Crippen LogP contribution in [0.4, 0.5) is 5.69 Å². The maximum absolute atomic E-state index is 12.2. The van der Waals surface area contributed by atoms with Crippen molar-refractivity contribution in [3.05, 3.63) is 42.0 Å². The second kappa shape index (κ2) is 7.38. The third-order valence-corrected chi connectivity index (χ3v) is 3.95. The summed E-state index contributed by atoms with van der Waals surface area (Å²) >= 11 is 0. The van der Waals surface area contributed by atoms with E-state index in [1.54, 1.807) is 0 Å². The summed E-state index contributed by atoms with van der Waals surface area (Å²) in [6.07, 6.45) is 4.51. The number of benzene rings is 1. The Morgan fingerprint density at radius 3 is 2.71 bits per heavy atom. The fourth-order valence-corrected chi connectivity index (χ4v) is 2.61. The van der Waals surface area contributed by atoms with Gasteiger partial charge in [-0.15, -0.1) is 0 Å². The quantitative estimate of drug-likeness (QED) is 0.790. The van der Waals surface area contributed by atoms with Crippen LogP contribution in [0.5, 0.6) is 0 Å². The SMILES string of the molecule is CCN(CC)Cc1cccc(NC(=O)C2C=CC(N)C2)c1. The van der Waals surface area contributed by atoms with Gasteiger partial charge in [-0.1, -0.05) is 38.1 Å². The van der Waals surface area contributed by atoms with Gasteiger partial charge in [0, 0.05) is 18.3 Å². The Labute approximate surface area is 127 Å². The van der Waals surface area contributed by atoms with E-state index < -0.39 is 0 Å². The monoisotopic (exact) mass is 287 g/mol. The summed E-state index contributed by atoms with van der Waals surface area (Å²) in [5, 5.41) is 2.99. The molecule has 0 aromatic heterocycles. The highest BCUT2D eigenvalue weighted by Crippen LogP contribution is 2.19. The molecular formula is C17H25N3O. The van der Waals surface area contributed by atoms with Crippen LogP contribution in [0, 0.1) is 5.92 Å². The first kappa shape index (κ1) is 15.7. The van der Waals surface area contributed by atoms with E-state index in [0.717, 1.165) is 25.3 Å². The lowest BCUT2D eigenvalue weighted by molar-refractivity contribution is -0.118. The minimum Gasteiger partial charge on any atom is -0.326 e. The standard InChI is InChI=1S/C17H25N3O/c1-3-20(4-2)12-13-6-5-7-16(10-13)19-17(21)14-8-9-15(18)11-14/h5-10,14-15H,3-4,11-12,18H2,1-2H3,(H,19,21). The van der Waals surface area contributed by atoms with Crippen molar-refractivity contribution >= 4 is 11.6 Å². The molecule has 3 N–H and O–H groups in total. The molecule has 114 valence electrons. The fraction of sp³-hybridized carbons (Fsp3) is 0.471. The van der Waals surface area contributed by atoms with Crippen LogP contribution in [-0.2, 0) is 11.3 Å². The zero-order valence-corrected chi connectivity index (χ0v) is 12.9. The smallest absolute Gasteiger partial charge is 0.231 e. The maximum Gasteiger partial charge on any atom is 0.231 e. The second-order valence-corrected chi connectivity index (χ2v) is 5.54. The van der Waals surface area contributed by atoms with Crippen molar-refractivity contribution in [3.8, 4) is 0 Å². The number of rotatable bonds is 6. The number of carbonyl (C=O) groups excluding carboxylic acids is 1. The molecule has 1 amide bonds. The van der Waals surface area contributed by atoms with Gasteiger partial charge >= 0.3 is 0 Å². The lowest BCUT2D eigenvalue weighted by Gasteiger charge is -2.18. The molecule has 0 spiro atoms. The molecule has 0 saturated carbocycles. The van der Waals surface area contributed by atoms with Crippen LogP contribution in [0.2, 0.25) is 0 Å². The minimum atomic E-state index is -0.105. The first-order chi connectivity index (χ1) is 10.1. The second-order valence-electron chi connectivity index (χ2n) is 5.54. The van der Waals surface area contributed by atoms with Gasteiger partial charge < -0.3 is 11.1 Å². The summed E-state index contributed by atoms with van der Waals surface area (Å²) in [6.45, 7) is 7.27. The number of nitrogens with zero attached hydrogens (tertiary/aromatic N) is 1. The molecule has 2 unspecified atom stereocenters. The summed E-state index contributed by atoms with van der Waals surface area (Å²) in [4.78, 5) is 14.5. The lowest BCUT2D eigenvalue weighted by Crippen LogP contribution is -2.24. The van der Waals surface area contributed by atoms with Gasteiger partial charge in [-0.3, -0.25) is 9.69 Å². The highest BCUT2D eigenvalue weighted by atomic mass is 16.1. The van der Waals surface area contributed by atoms with Crippen LogP contribution < -0.4 is 11.1 Å². The molecule has 1 aromatic rings. The van der Waals surface area contributed by atoms with Gasteiger partial charge in [-0.05, 0) is 37.2 Å². The number of hydrogen-bond donors (Lipinski definition) is 2. The van der Waals surface area contributed by atoms with E-state index in [0.29, 0.717) is 6.42 Å². The number of nitrogens with two attached hydrogens (primary N) is 1. The Balaban J connectivity index is 1.97. The van der Waals surface area contributed by atoms with Gasteiger partial charge in [0.25, 0.3) is 0 Å². The topological polar surface area (TPSA) is 58.4 Å². The van der Waals surface area contributed by atoms with E-state index in [-0.39, 0.29) is 17.9 Å². The van der Waals surface area contributed by atoms with Crippen LogP contribution in [0.15, 0.2) is 36.4 Å². The largest absolute Gasteiger partial charge is 0.326 e. The molecule has 2 rings (SSSR count). The molecule has 4 heteroatoms. The van der Waals surface area contributed by atoms with Crippen LogP contribution in [-0.4, -0.2) is 29.9 Å². The Bertz CT molecular complexity index is 509. The lowest BCUT2D eigenvalue weighted by atomic mass is 10.1. The molecule has 0 heterocycles. The Kier molecular flexibility index (Phi) is 5.53. The summed E-state index contributed by atoms with van der Waals surface area (Å²) in [5.41, 5.74) is 7.87. The van der Waals surface area contributed by atoms with Crippen molar-refractivity contribution in [1.82, 2.24) is 4.90 Å². The molecule has 0 aliphatic heterocycles. The fourth-order valence-electron chi connectivity index (χ4n) is 2.61. The zero-order valence-electron chi connectivity index (χ0n) is 12.9. The van der Waals surface area contributed by atoms with E-state index in [1.165, 1.54) is 5.56 Å². The molecule has 2 atom stereocenters. The summed E-state index contributed by atoms with van der Waals surface area (Å²) < 4.78 is 0. The van der Waals surface area contributed by atoms with Crippen molar-refractivity contribution in [3.63, 3.8) is 0 Å². The summed E-state index contributed by atoms with van der Waals surface area (Å²) in [6, 6.07) is 8.08. The van der Waals surface area contributed by atoms with E-state index in [2.05, 4.69) is 36.2 Å². The number of amides is 1. The van der Waals surface area contributed by atoms with Crippen molar-refractivity contribution in [1.29, 1.82) is 0 Å². The Morgan fingerprint density at radius 2 is 2.10 bits per heavy atom. The molecule has 1 aromatic carbocycles. The molecule has 0 saturated heterocycles. The van der Waals surface area contributed by atoms with E-state index in [4.69, 9.17) is 5.73 Å². The number of anilines is 1. The first-order valence-corrected chi connectivity index (χ1v) is 7.68. The van der Waals surface area contributed by atoms with E-state index >= 15 is 0 Å². The predicted octanol–water partition coefficient (Wildman–Crippen LogP) is 2.37. The summed E-state index contributed by atoms with van der Waals surface area (Å²) in [7, 11) is 0. The zero-order chi connectivity index (χ0) is 15.2. The molecule has 0 bridgehead atoms.